The Kier molecular flexibility index (Phi) is 4.83. The van der Waals surface area contributed by atoms with Gasteiger partial charge in [0.15, 0.2) is 0 Å². The van der Waals surface area contributed by atoms with Gasteiger partial charge in [-0.2, -0.15) is 0 Å². The molecule has 1 saturated heterocycles. The molecule has 0 spiro atoms. The molecule has 0 bridgehead atoms. The lowest BCUT2D eigenvalue weighted by Crippen LogP contribution is -2.47. The lowest BCUT2D eigenvalue weighted by Gasteiger charge is -2.38. The highest BCUT2D eigenvalue weighted by Crippen LogP contribution is 2.28. The number of ketones is 1. The first-order chi connectivity index (χ1) is 8.58. The minimum Gasteiger partial charge on any atom is -0.302 e. The highest BCUT2D eigenvalue weighted by molar-refractivity contribution is 5.85. The summed E-state index contributed by atoms with van der Waals surface area (Å²) in [5, 5.41) is 0. The van der Waals surface area contributed by atoms with Gasteiger partial charge in [0.05, 0.1) is 0 Å². The van der Waals surface area contributed by atoms with Crippen LogP contribution in [0.1, 0.15) is 65.2 Å². The van der Waals surface area contributed by atoms with Gasteiger partial charge in [0.1, 0.15) is 5.78 Å². The second-order valence-electron chi connectivity index (χ2n) is 7.00. The fraction of sp³-hybridized carbons (Fsp3) is 0.938. The Labute approximate surface area is 112 Å². The number of nitrogens with zero attached hydrogens (tertiary/aromatic N) is 1. The van der Waals surface area contributed by atoms with Crippen LogP contribution in [-0.4, -0.2) is 30.3 Å². The van der Waals surface area contributed by atoms with Crippen molar-refractivity contribution in [1.82, 2.24) is 4.90 Å². The van der Waals surface area contributed by atoms with Crippen molar-refractivity contribution < 1.29 is 4.79 Å². The summed E-state index contributed by atoms with van der Waals surface area (Å²) in [7, 11) is 0. The maximum absolute atomic E-state index is 11.8. The van der Waals surface area contributed by atoms with Gasteiger partial charge in [-0.3, -0.25) is 4.79 Å². The number of piperidine rings is 1. The Balaban J connectivity index is 1.83. The zero-order valence-corrected chi connectivity index (χ0v) is 12.2. The first kappa shape index (κ1) is 14.0. The van der Waals surface area contributed by atoms with Gasteiger partial charge >= 0.3 is 0 Å². The van der Waals surface area contributed by atoms with E-state index in [4.69, 9.17) is 0 Å². The molecule has 0 amide bonds. The van der Waals surface area contributed by atoms with Crippen molar-refractivity contribution >= 4 is 5.78 Å². The molecule has 2 nitrogen and oxygen atoms in total. The molecular formula is C16H29NO. The van der Waals surface area contributed by atoms with Crippen molar-refractivity contribution in [3.05, 3.63) is 0 Å². The van der Waals surface area contributed by atoms with E-state index in [2.05, 4.69) is 18.7 Å². The number of Topliss-reactive ketones (excluding diaryl/α,β-unsaturated/α-hetero) is 1. The molecular weight excluding hydrogens is 222 g/mol. The lowest BCUT2D eigenvalue weighted by molar-refractivity contribution is -0.131. The zero-order valence-electron chi connectivity index (χ0n) is 12.2. The summed E-state index contributed by atoms with van der Waals surface area (Å²) in [6.07, 6.45) is 10.7. The van der Waals surface area contributed by atoms with E-state index in [1.165, 1.54) is 51.5 Å². The molecule has 0 unspecified atom stereocenters. The van der Waals surface area contributed by atoms with Crippen molar-refractivity contribution in [2.24, 2.45) is 11.3 Å². The predicted octanol–water partition coefficient (Wildman–Crippen LogP) is 3.65. The molecule has 1 aliphatic carbocycles. The number of likely N-dealkylation sites (tertiary alicyclic amines) is 1. The van der Waals surface area contributed by atoms with E-state index in [9.17, 15) is 4.79 Å². The maximum Gasteiger partial charge on any atom is 0.141 e. The number of hydrogen-bond donors (Lipinski definition) is 0. The number of carbonyl (C=O) groups is 1. The Morgan fingerprint density at radius 2 is 1.72 bits per heavy atom. The minimum atomic E-state index is -0.111. The van der Waals surface area contributed by atoms with Crippen molar-refractivity contribution in [3.8, 4) is 0 Å². The van der Waals surface area contributed by atoms with Crippen LogP contribution in [0.5, 0.6) is 0 Å². The molecule has 2 aliphatic rings. The normalized spacial score (nSPS) is 27.8. The third-order valence-corrected chi connectivity index (χ3v) is 4.77. The van der Waals surface area contributed by atoms with Gasteiger partial charge in [0.2, 0.25) is 0 Å². The SMILES string of the molecule is CC1(C)CN(CC2CCCCCCC2)CCC1=O. The van der Waals surface area contributed by atoms with Crippen LogP contribution in [0.2, 0.25) is 0 Å². The molecule has 1 saturated carbocycles. The van der Waals surface area contributed by atoms with Gasteiger partial charge in [-0.25, -0.2) is 0 Å². The van der Waals surface area contributed by atoms with E-state index < -0.39 is 0 Å². The molecule has 2 heteroatoms. The highest BCUT2D eigenvalue weighted by atomic mass is 16.1. The van der Waals surface area contributed by atoms with Crippen LogP contribution in [0, 0.1) is 11.3 Å². The molecule has 0 aromatic rings. The Morgan fingerprint density at radius 1 is 1.11 bits per heavy atom. The van der Waals surface area contributed by atoms with Crippen LogP contribution in [0.15, 0.2) is 0 Å². The van der Waals surface area contributed by atoms with Crippen LogP contribution >= 0.6 is 0 Å². The molecule has 1 heterocycles. The van der Waals surface area contributed by atoms with Gasteiger partial charge in [-0.15, -0.1) is 0 Å². The Bertz CT molecular complexity index is 277. The highest BCUT2D eigenvalue weighted by Gasteiger charge is 2.34. The summed E-state index contributed by atoms with van der Waals surface area (Å²) < 4.78 is 0. The molecule has 104 valence electrons. The van der Waals surface area contributed by atoms with Crippen LogP contribution in [0.25, 0.3) is 0 Å². The lowest BCUT2D eigenvalue weighted by atomic mass is 9.82. The van der Waals surface area contributed by atoms with Gasteiger partial charge in [0.25, 0.3) is 0 Å². The molecule has 1 aliphatic heterocycles. The number of hydrogen-bond acceptors (Lipinski definition) is 2. The third-order valence-electron chi connectivity index (χ3n) is 4.77. The topological polar surface area (TPSA) is 20.3 Å². The van der Waals surface area contributed by atoms with E-state index in [0.717, 1.165) is 25.4 Å². The predicted molar refractivity (Wildman–Crippen MR) is 75.7 cm³/mol. The van der Waals surface area contributed by atoms with Gasteiger partial charge in [0, 0.05) is 31.5 Å². The monoisotopic (exact) mass is 251 g/mol. The van der Waals surface area contributed by atoms with E-state index in [-0.39, 0.29) is 5.41 Å². The Morgan fingerprint density at radius 3 is 2.33 bits per heavy atom. The average Bonchev–Trinajstić information content (AvgIpc) is 2.27. The second-order valence-corrected chi connectivity index (χ2v) is 7.00. The van der Waals surface area contributed by atoms with Crippen molar-refractivity contribution in [2.75, 3.05) is 19.6 Å². The maximum atomic E-state index is 11.8. The second kappa shape index (κ2) is 6.18. The fourth-order valence-electron chi connectivity index (χ4n) is 3.57. The number of carbonyl (C=O) groups excluding carboxylic acids is 1. The first-order valence-electron chi connectivity index (χ1n) is 7.83. The summed E-state index contributed by atoms with van der Waals surface area (Å²) in [6, 6.07) is 0. The quantitative estimate of drug-likeness (QED) is 0.746. The fourth-order valence-corrected chi connectivity index (χ4v) is 3.57. The standard InChI is InChI=1S/C16H29NO/c1-16(2)13-17(11-10-15(16)18)12-14-8-6-4-3-5-7-9-14/h14H,3-13H2,1-2H3. The molecule has 2 rings (SSSR count). The summed E-state index contributed by atoms with van der Waals surface area (Å²) in [4.78, 5) is 14.4. The van der Waals surface area contributed by atoms with E-state index in [1.54, 1.807) is 0 Å². The molecule has 0 aromatic carbocycles. The third kappa shape index (κ3) is 3.81. The molecule has 0 radical (unpaired) electrons. The van der Waals surface area contributed by atoms with Crippen LogP contribution in [0.3, 0.4) is 0 Å². The molecule has 0 atom stereocenters. The average molecular weight is 251 g/mol. The van der Waals surface area contributed by atoms with E-state index in [0.29, 0.717) is 5.78 Å². The van der Waals surface area contributed by atoms with Gasteiger partial charge in [-0.05, 0) is 18.8 Å². The molecule has 0 N–H and O–H groups in total. The molecule has 0 aromatic heterocycles. The van der Waals surface area contributed by atoms with Gasteiger partial charge < -0.3 is 4.90 Å². The Hall–Kier alpha value is -0.370. The van der Waals surface area contributed by atoms with Crippen molar-refractivity contribution in [3.63, 3.8) is 0 Å². The van der Waals surface area contributed by atoms with Crippen LogP contribution < -0.4 is 0 Å². The summed E-state index contributed by atoms with van der Waals surface area (Å²) in [6.45, 7) is 7.43. The smallest absolute Gasteiger partial charge is 0.141 e. The summed E-state index contributed by atoms with van der Waals surface area (Å²) in [5.74, 6) is 1.34. The summed E-state index contributed by atoms with van der Waals surface area (Å²) in [5.41, 5.74) is -0.111. The first-order valence-corrected chi connectivity index (χ1v) is 7.83. The zero-order chi connectivity index (χ0) is 13.0. The molecule has 18 heavy (non-hydrogen) atoms. The minimum absolute atomic E-state index is 0.111. The van der Waals surface area contributed by atoms with E-state index >= 15 is 0 Å². The van der Waals surface area contributed by atoms with E-state index in [1.807, 2.05) is 0 Å². The van der Waals surface area contributed by atoms with Crippen molar-refractivity contribution in [1.29, 1.82) is 0 Å². The van der Waals surface area contributed by atoms with Crippen LogP contribution in [0.4, 0.5) is 0 Å². The molecule has 2 fully saturated rings. The summed E-state index contributed by atoms with van der Waals surface area (Å²) >= 11 is 0. The largest absolute Gasteiger partial charge is 0.302 e. The van der Waals surface area contributed by atoms with Crippen molar-refractivity contribution in [2.45, 2.75) is 65.2 Å². The number of rotatable bonds is 2. The van der Waals surface area contributed by atoms with Crippen LogP contribution in [-0.2, 0) is 4.79 Å². The van der Waals surface area contributed by atoms with Gasteiger partial charge in [-0.1, -0.05) is 46.0 Å².